The van der Waals surface area contributed by atoms with E-state index in [2.05, 4.69) is 4.72 Å². The number of sulfonamides is 1. The number of ether oxygens (including phenoxy) is 1. The molecule has 7 N–H and O–H groups in total. The summed E-state index contributed by atoms with van der Waals surface area (Å²) in [4.78, 5) is 52.6. The van der Waals surface area contributed by atoms with Crippen molar-refractivity contribution in [2.24, 2.45) is 17.4 Å². The fraction of sp³-hybridized carbons (Fsp3) is 0.531. The van der Waals surface area contributed by atoms with Gasteiger partial charge in [-0.15, -0.1) is 0 Å². The van der Waals surface area contributed by atoms with Gasteiger partial charge in [0.1, 0.15) is 11.6 Å². The number of esters is 1. The number of benzene rings is 2. The van der Waals surface area contributed by atoms with E-state index in [0.717, 1.165) is 31.6 Å². The molecule has 3 atom stereocenters. The molecular formula is C32H46N6O8S. The molecule has 2 aromatic carbocycles. The van der Waals surface area contributed by atoms with Crippen molar-refractivity contribution in [3.63, 3.8) is 0 Å². The minimum absolute atomic E-state index is 0.0715. The number of nitrogens with two attached hydrogens (primary N) is 2. The van der Waals surface area contributed by atoms with Crippen LogP contribution < -0.4 is 16.2 Å². The van der Waals surface area contributed by atoms with E-state index in [-0.39, 0.29) is 17.4 Å². The van der Waals surface area contributed by atoms with E-state index >= 15 is 0 Å². The summed E-state index contributed by atoms with van der Waals surface area (Å²) in [7, 11) is -3.05. The lowest BCUT2D eigenvalue weighted by Gasteiger charge is -2.51. The molecule has 1 unspecified atom stereocenters. The number of methoxy groups -OCH3 is 1. The quantitative estimate of drug-likeness (QED) is 0.140. The monoisotopic (exact) mass is 674 g/mol. The maximum Gasteiger partial charge on any atom is 0.331 e. The molecule has 1 heterocycles. The Hall–Kier alpha value is -4.24. The SMILES string of the molecule is CC(=O)O.COC(=O)C(C)([C@H]1CCCN(C(=N)N)C1)N(C(=O)[C@H](CC(N)=O)NS(=O)(=O)c1ccc2ccccc2c1)C1CCCCC1. The van der Waals surface area contributed by atoms with Crippen LogP contribution in [0.25, 0.3) is 10.8 Å². The summed E-state index contributed by atoms with van der Waals surface area (Å²) in [5, 5.41) is 16.9. The number of hydrogen-bond acceptors (Lipinski definition) is 8. The predicted molar refractivity (Wildman–Crippen MR) is 176 cm³/mol. The van der Waals surface area contributed by atoms with Gasteiger partial charge in [0.15, 0.2) is 5.96 Å². The second-order valence-corrected chi connectivity index (χ2v) is 13.9. The zero-order valence-electron chi connectivity index (χ0n) is 27.1. The minimum atomic E-state index is -4.30. The number of rotatable bonds is 10. The third-order valence-corrected chi connectivity index (χ3v) is 10.3. The third kappa shape index (κ3) is 9.19. The van der Waals surface area contributed by atoms with Crippen molar-refractivity contribution in [2.75, 3.05) is 20.2 Å². The van der Waals surface area contributed by atoms with Gasteiger partial charge in [-0.1, -0.05) is 49.6 Å². The van der Waals surface area contributed by atoms with E-state index < -0.39 is 63.7 Å². The van der Waals surface area contributed by atoms with Gasteiger partial charge >= 0.3 is 5.97 Å². The first-order valence-corrected chi connectivity index (χ1v) is 17.1. The molecule has 0 spiro atoms. The standard InChI is InChI=1S/C30H42N6O6S.C2H4O2/c1-30(28(39)42-2,22-11-8-16-35(19-22)29(32)33)36(23-12-4-3-5-13-23)27(38)25(18-26(31)37)34-43(40,41)24-15-14-20-9-6-7-10-21(20)17-24;1-2(3)4/h6-7,9-10,14-15,17,22-23,25,34H,3-5,8,11-13,16,18-19H2,1-2H3,(H2,31,37)(H3,32,33);1H3,(H,3,4)/t22-,25-,30?;/m0./s1. The maximum absolute atomic E-state index is 14.6. The number of amides is 2. The molecule has 258 valence electrons. The molecule has 0 bridgehead atoms. The zero-order chi connectivity index (χ0) is 34.9. The van der Waals surface area contributed by atoms with Gasteiger partial charge in [-0.05, 0) is 55.5 Å². The highest BCUT2D eigenvalue weighted by atomic mass is 32.2. The van der Waals surface area contributed by atoms with Crippen LogP contribution in [-0.2, 0) is 33.9 Å². The van der Waals surface area contributed by atoms with Gasteiger partial charge in [-0.25, -0.2) is 13.2 Å². The number of aliphatic carboxylic acids is 1. The normalized spacial score (nSPS) is 19.0. The van der Waals surface area contributed by atoms with Crippen LogP contribution in [0.15, 0.2) is 47.4 Å². The lowest BCUT2D eigenvalue weighted by Crippen LogP contribution is -2.68. The van der Waals surface area contributed by atoms with Crippen molar-refractivity contribution in [1.29, 1.82) is 5.41 Å². The number of nitrogens with zero attached hydrogens (tertiary/aromatic N) is 2. The Kier molecular flexibility index (Phi) is 12.7. The molecular weight excluding hydrogens is 628 g/mol. The first-order valence-electron chi connectivity index (χ1n) is 15.6. The Morgan fingerprint density at radius 2 is 1.68 bits per heavy atom. The largest absolute Gasteiger partial charge is 0.481 e. The molecule has 0 radical (unpaired) electrons. The lowest BCUT2D eigenvalue weighted by atomic mass is 9.76. The van der Waals surface area contributed by atoms with Gasteiger partial charge in [-0.3, -0.25) is 19.8 Å². The Morgan fingerprint density at radius 3 is 2.26 bits per heavy atom. The first kappa shape index (κ1) is 37.2. The Balaban J connectivity index is 0.00000142. The van der Waals surface area contributed by atoms with Gasteiger partial charge in [0.25, 0.3) is 5.97 Å². The third-order valence-electron chi connectivity index (χ3n) is 8.87. The molecule has 14 nitrogen and oxygen atoms in total. The summed E-state index contributed by atoms with van der Waals surface area (Å²) in [6.07, 6.45) is 4.38. The summed E-state index contributed by atoms with van der Waals surface area (Å²) in [6, 6.07) is 9.91. The number of primary amides is 1. The van der Waals surface area contributed by atoms with Crippen LogP contribution in [0.5, 0.6) is 0 Å². The molecule has 2 fully saturated rings. The van der Waals surface area contributed by atoms with Crippen LogP contribution in [0, 0.1) is 11.3 Å². The maximum atomic E-state index is 14.6. The highest BCUT2D eigenvalue weighted by Crippen LogP contribution is 2.39. The average Bonchev–Trinajstić information content (AvgIpc) is 3.03. The fourth-order valence-corrected chi connectivity index (χ4v) is 7.81. The number of carboxylic acids is 1. The number of carbonyl (C=O) groups excluding carboxylic acids is 3. The zero-order valence-corrected chi connectivity index (χ0v) is 27.9. The summed E-state index contributed by atoms with van der Waals surface area (Å²) >= 11 is 0. The van der Waals surface area contributed by atoms with E-state index in [9.17, 15) is 22.8 Å². The number of fused-ring (bicyclic) bond motifs is 1. The van der Waals surface area contributed by atoms with Crippen molar-refractivity contribution >= 4 is 50.5 Å². The van der Waals surface area contributed by atoms with Crippen LogP contribution >= 0.6 is 0 Å². The average molecular weight is 675 g/mol. The van der Waals surface area contributed by atoms with Crippen molar-refractivity contribution in [3.8, 4) is 0 Å². The predicted octanol–water partition coefficient (Wildman–Crippen LogP) is 2.15. The molecule has 15 heteroatoms. The summed E-state index contributed by atoms with van der Waals surface area (Å²) in [5.41, 5.74) is 9.82. The molecule has 2 amide bonds. The van der Waals surface area contributed by atoms with E-state index in [4.69, 9.17) is 31.5 Å². The fourth-order valence-electron chi connectivity index (χ4n) is 6.59. The lowest BCUT2D eigenvalue weighted by molar-refractivity contribution is -0.172. The van der Waals surface area contributed by atoms with Crippen LogP contribution in [-0.4, -0.2) is 90.9 Å². The topological polar surface area (TPSA) is 226 Å². The summed E-state index contributed by atoms with van der Waals surface area (Å²) in [5.74, 6) is -3.69. The van der Waals surface area contributed by atoms with Crippen LogP contribution in [0.1, 0.15) is 65.2 Å². The molecule has 1 saturated heterocycles. The summed E-state index contributed by atoms with van der Waals surface area (Å²) in [6.45, 7) is 3.50. The molecule has 1 aliphatic heterocycles. The second kappa shape index (κ2) is 16.0. The number of piperidine rings is 1. The van der Waals surface area contributed by atoms with Crippen molar-refractivity contribution in [1.82, 2.24) is 14.5 Å². The molecule has 1 aliphatic carbocycles. The highest BCUT2D eigenvalue weighted by Gasteiger charge is 2.54. The number of nitrogens with one attached hydrogen (secondary N) is 2. The van der Waals surface area contributed by atoms with Gasteiger partial charge < -0.3 is 31.1 Å². The van der Waals surface area contributed by atoms with Crippen LogP contribution in [0.3, 0.4) is 0 Å². The van der Waals surface area contributed by atoms with Crippen LogP contribution in [0.4, 0.5) is 0 Å². The van der Waals surface area contributed by atoms with E-state index in [0.29, 0.717) is 37.6 Å². The number of guanidine groups is 1. The molecule has 2 aliphatic rings. The Labute approximate surface area is 275 Å². The smallest absolute Gasteiger partial charge is 0.331 e. The Morgan fingerprint density at radius 1 is 1.06 bits per heavy atom. The van der Waals surface area contributed by atoms with Gasteiger partial charge in [-0.2, -0.15) is 4.72 Å². The number of likely N-dealkylation sites (tertiary alicyclic amines) is 1. The summed E-state index contributed by atoms with van der Waals surface area (Å²) < 4.78 is 35.1. The highest BCUT2D eigenvalue weighted by molar-refractivity contribution is 7.89. The van der Waals surface area contributed by atoms with Gasteiger partial charge in [0, 0.05) is 32.0 Å². The molecule has 47 heavy (non-hydrogen) atoms. The van der Waals surface area contributed by atoms with E-state index in [1.165, 1.54) is 24.1 Å². The number of carbonyl (C=O) groups is 4. The van der Waals surface area contributed by atoms with E-state index in [1.807, 2.05) is 12.1 Å². The second-order valence-electron chi connectivity index (χ2n) is 12.2. The van der Waals surface area contributed by atoms with Crippen LogP contribution in [0.2, 0.25) is 0 Å². The number of hydrogen-bond donors (Lipinski definition) is 5. The molecule has 0 aromatic heterocycles. The molecule has 2 aromatic rings. The van der Waals surface area contributed by atoms with Gasteiger partial charge in [0.2, 0.25) is 21.8 Å². The molecule has 4 rings (SSSR count). The minimum Gasteiger partial charge on any atom is -0.481 e. The Bertz CT molecular complexity index is 1570. The van der Waals surface area contributed by atoms with E-state index in [1.54, 1.807) is 30.0 Å². The first-order chi connectivity index (χ1) is 22.1. The molecule has 1 saturated carbocycles. The van der Waals surface area contributed by atoms with Crippen molar-refractivity contribution in [2.45, 2.75) is 87.7 Å². The van der Waals surface area contributed by atoms with Crippen molar-refractivity contribution in [3.05, 3.63) is 42.5 Å². The van der Waals surface area contributed by atoms with Gasteiger partial charge in [0.05, 0.1) is 18.4 Å². The van der Waals surface area contributed by atoms with Crippen molar-refractivity contribution < 1.29 is 37.4 Å². The number of carboxylic acid groups (broad SMARTS) is 1.